The van der Waals surface area contributed by atoms with Gasteiger partial charge in [0.05, 0.1) is 5.69 Å². The van der Waals surface area contributed by atoms with Gasteiger partial charge in [-0.1, -0.05) is 0 Å². The number of nitrogens with zero attached hydrogens (tertiary/aromatic N) is 1. The van der Waals surface area contributed by atoms with Crippen molar-refractivity contribution in [1.29, 1.82) is 0 Å². The molecule has 0 aliphatic rings. The number of hydrogen-bond acceptors (Lipinski definition) is 5. The van der Waals surface area contributed by atoms with E-state index in [0.717, 1.165) is 0 Å². The highest BCUT2D eigenvalue weighted by Gasteiger charge is 2.07. The van der Waals surface area contributed by atoms with Crippen molar-refractivity contribution in [1.82, 2.24) is 10.3 Å². The van der Waals surface area contributed by atoms with Crippen LogP contribution in [0.2, 0.25) is 0 Å². The molecule has 6 nitrogen and oxygen atoms in total. The Kier molecular flexibility index (Phi) is 3.51. The summed E-state index contributed by atoms with van der Waals surface area (Å²) in [6, 6.07) is 7.67. The van der Waals surface area contributed by atoms with Crippen LogP contribution in [-0.4, -0.2) is 23.0 Å². The third kappa shape index (κ3) is 2.92. The molecule has 1 amide bonds. The van der Waals surface area contributed by atoms with Crippen molar-refractivity contribution in [2.45, 2.75) is 0 Å². The van der Waals surface area contributed by atoms with E-state index in [1.165, 1.54) is 31.4 Å². The van der Waals surface area contributed by atoms with Gasteiger partial charge in [0.25, 0.3) is 5.91 Å². The highest BCUT2D eigenvalue weighted by molar-refractivity contribution is 5.92. The van der Waals surface area contributed by atoms with Crippen molar-refractivity contribution in [3.05, 3.63) is 42.2 Å². The number of anilines is 1. The van der Waals surface area contributed by atoms with E-state index < -0.39 is 0 Å². The molecule has 0 aliphatic carbocycles. The van der Waals surface area contributed by atoms with Gasteiger partial charge in [0.2, 0.25) is 0 Å². The molecular weight excluding hydrogens is 246 g/mol. The SMILES string of the molecule is CNC(=O)c1cc(Oc2ccc(N)c(O)c2)ccn1. The second-order valence-electron chi connectivity index (χ2n) is 3.78. The summed E-state index contributed by atoms with van der Waals surface area (Å²) in [7, 11) is 1.52. The normalized spacial score (nSPS) is 9.95. The topological polar surface area (TPSA) is 97.5 Å². The third-order valence-corrected chi connectivity index (χ3v) is 2.43. The maximum Gasteiger partial charge on any atom is 0.269 e. The van der Waals surface area contributed by atoms with E-state index in [0.29, 0.717) is 11.5 Å². The molecule has 19 heavy (non-hydrogen) atoms. The average Bonchev–Trinajstić information content (AvgIpc) is 2.42. The van der Waals surface area contributed by atoms with Crippen molar-refractivity contribution in [2.75, 3.05) is 12.8 Å². The Morgan fingerprint density at radius 1 is 1.32 bits per heavy atom. The molecule has 0 atom stereocenters. The van der Waals surface area contributed by atoms with Crippen LogP contribution in [-0.2, 0) is 0 Å². The van der Waals surface area contributed by atoms with Crippen molar-refractivity contribution < 1.29 is 14.6 Å². The molecule has 2 aromatic rings. The number of ether oxygens (including phenoxy) is 1. The minimum atomic E-state index is -0.300. The smallest absolute Gasteiger partial charge is 0.269 e. The van der Waals surface area contributed by atoms with Crippen LogP contribution < -0.4 is 15.8 Å². The molecule has 2 rings (SSSR count). The predicted octanol–water partition coefficient (Wildman–Crippen LogP) is 1.52. The van der Waals surface area contributed by atoms with Crippen LogP contribution in [0.25, 0.3) is 0 Å². The number of phenols is 1. The van der Waals surface area contributed by atoms with Crippen LogP contribution in [0.4, 0.5) is 5.69 Å². The molecule has 4 N–H and O–H groups in total. The van der Waals surface area contributed by atoms with Gasteiger partial charge in [-0.2, -0.15) is 0 Å². The van der Waals surface area contributed by atoms with Gasteiger partial charge in [0, 0.05) is 25.4 Å². The highest BCUT2D eigenvalue weighted by Crippen LogP contribution is 2.28. The van der Waals surface area contributed by atoms with E-state index in [-0.39, 0.29) is 23.0 Å². The summed E-state index contributed by atoms with van der Waals surface area (Å²) in [6.45, 7) is 0. The fraction of sp³-hybridized carbons (Fsp3) is 0.0769. The van der Waals surface area contributed by atoms with Gasteiger partial charge in [-0.15, -0.1) is 0 Å². The zero-order valence-electron chi connectivity index (χ0n) is 10.3. The molecular formula is C13H13N3O3. The van der Waals surface area contributed by atoms with Crippen LogP contribution in [0.3, 0.4) is 0 Å². The maximum atomic E-state index is 11.4. The lowest BCUT2D eigenvalue weighted by Gasteiger charge is -2.08. The number of carbonyl (C=O) groups excluding carboxylic acids is 1. The Hall–Kier alpha value is -2.76. The lowest BCUT2D eigenvalue weighted by molar-refractivity contribution is 0.0958. The van der Waals surface area contributed by atoms with Gasteiger partial charge in [-0.05, 0) is 18.2 Å². The molecule has 1 aromatic carbocycles. The number of nitrogens with one attached hydrogen (secondary N) is 1. The summed E-state index contributed by atoms with van der Waals surface area (Å²) in [5.41, 5.74) is 6.02. The molecule has 0 aliphatic heterocycles. The predicted molar refractivity (Wildman–Crippen MR) is 70.2 cm³/mol. The Balaban J connectivity index is 2.23. The molecule has 0 fully saturated rings. The van der Waals surface area contributed by atoms with Crippen LogP contribution in [0.15, 0.2) is 36.5 Å². The van der Waals surface area contributed by atoms with E-state index in [2.05, 4.69) is 10.3 Å². The largest absolute Gasteiger partial charge is 0.506 e. The Labute approximate surface area is 109 Å². The molecule has 1 heterocycles. The van der Waals surface area contributed by atoms with Crippen molar-refractivity contribution in [3.8, 4) is 17.2 Å². The fourth-order valence-corrected chi connectivity index (χ4v) is 1.45. The van der Waals surface area contributed by atoms with Crippen molar-refractivity contribution >= 4 is 11.6 Å². The van der Waals surface area contributed by atoms with Crippen LogP contribution in [0.5, 0.6) is 17.2 Å². The first-order valence-electron chi connectivity index (χ1n) is 5.54. The molecule has 0 radical (unpaired) electrons. The summed E-state index contributed by atoms with van der Waals surface area (Å²) in [5, 5.41) is 12.0. The molecule has 0 unspecified atom stereocenters. The standard InChI is InChI=1S/C13H13N3O3/c1-15-13(18)11-6-9(4-5-16-11)19-8-2-3-10(14)12(17)7-8/h2-7,17H,14H2,1H3,(H,15,18). The Bertz CT molecular complexity index is 614. The quantitative estimate of drug-likeness (QED) is 0.573. The number of aromatic hydroxyl groups is 1. The van der Waals surface area contributed by atoms with Gasteiger partial charge in [-0.3, -0.25) is 9.78 Å². The molecule has 0 bridgehead atoms. The number of hydrogen-bond donors (Lipinski definition) is 3. The number of nitrogens with two attached hydrogens (primary N) is 1. The maximum absolute atomic E-state index is 11.4. The van der Waals surface area contributed by atoms with E-state index in [1.54, 1.807) is 12.1 Å². The lowest BCUT2D eigenvalue weighted by Crippen LogP contribution is -2.18. The fourth-order valence-electron chi connectivity index (χ4n) is 1.45. The monoisotopic (exact) mass is 259 g/mol. The summed E-state index contributed by atoms with van der Waals surface area (Å²) >= 11 is 0. The van der Waals surface area contributed by atoms with E-state index in [9.17, 15) is 9.90 Å². The van der Waals surface area contributed by atoms with Gasteiger partial charge >= 0.3 is 0 Å². The van der Waals surface area contributed by atoms with Crippen LogP contribution in [0, 0.1) is 0 Å². The van der Waals surface area contributed by atoms with E-state index >= 15 is 0 Å². The van der Waals surface area contributed by atoms with E-state index in [4.69, 9.17) is 10.5 Å². The number of nitrogen functional groups attached to an aromatic ring is 1. The Morgan fingerprint density at radius 3 is 2.74 bits per heavy atom. The van der Waals surface area contributed by atoms with Gasteiger partial charge in [0.15, 0.2) is 0 Å². The zero-order valence-corrected chi connectivity index (χ0v) is 10.3. The second-order valence-corrected chi connectivity index (χ2v) is 3.78. The number of carbonyl (C=O) groups is 1. The summed E-state index contributed by atoms with van der Waals surface area (Å²) in [6.07, 6.45) is 1.47. The Morgan fingerprint density at radius 2 is 2.05 bits per heavy atom. The number of rotatable bonds is 3. The lowest BCUT2D eigenvalue weighted by atomic mass is 10.3. The molecule has 98 valence electrons. The van der Waals surface area contributed by atoms with Gasteiger partial charge < -0.3 is 20.9 Å². The van der Waals surface area contributed by atoms with Crippen LogP contribution >= 0.6 is 0 Å². The van der Waals surface area contributed by atoms with Crippen LogP contribution in [0.1, 0.15) is 10.5 Å². The first kappa shape index (κ1) is 12.7. The van der Waals surface area contributed by atoms with E-state index in [1.807, 2.05) is 0 Å². The number of phenolic OH excluding ortho intramolecular Hbond substituents is 1. The number of pyridine rings is 1. The zero-order chi connectivity index (χ0) is 13.8. The highest BCUT2D eigenvalue weighted by atomic mass is 16.5. The molecule has 0 saturated carbocycles. The number of aromatic nitrogens is 1. The average molecular weight is 259 g/mol. The summed E-state index contributed by atoms with van der Waals surface area (Å²) in [5.74, 6) is 0.502. The van der Waals surface area contributed by atoms with Crippen molar-refractivity contribution in [2.24, 2.45) is 0 Å². The number of amides is 1. The van der Waals surface area contributed by atoms with Gasteiger partial charge in [0.1, 0.15) is 22.9 Å². The first-order valence-corrected chi connectivity index (χ1v) is 5.54. The minimum absolute atomic E-state index is 0.0573. The molecule has 0 spiro atoms. The first-order chi connectivity index (χ1) is 9.10. The number of benzene rings is 1. The molecule has 0 saturated heterocycles. The molecule has 6 heteroatoms. The second kappa shape index (κ2) is 5.26. The third-order valence-electron chi connectivity index (χ3n) is 2.43. The van der Waals surface area contributed by atoms with Crippen molar-refractivity contribution in [3.63, 3.8) is 0 Å². The molecule has 1 aromatic heterocycles. The van der Waals surface area contributed by atoms with Gasteiger partial charge in [-0.25, -0.2) is 0 Å². The minimum Gasteiger partial charge on any atom is -0.506 e. The summed E-state index contributed by atoms with van der Waals surface area (Å²) in [4.78, 5) is 15.4. The summed E-state index contributed by atoms with van der Waals surface area (Å²) < 4.78 is 5.51.